The van der Waals surface area contributed by atoms with Crippen LogP contribution in [0.15, 0.2) is 18.2 Å². The summed E-state index contributed by atoms with van der Waals surface area (Å²) >= 11 is 0. The second-order valence-corrected chi connectivity index (χ2v) is 3.60. The summed E-state index contributed by atoms with van der Waals surface area (Å²) < 4.78 is 18.0. The molecule has 4 nitrogen and oxygen atoms in total. The Morgan fingerprint density at radius 3 is 2.69 bits per heavy atom. The second-order valence-electron chi connectivity index (χ2n) is 3.60. The summed E-state index contributed by atoms with van der Waals surface area (Å²) in [5.41, 5.74) is 0.306. The molecule has 1 aromatic rings. The molecule has 2 amide bonds. The number of urea groups is 1. The average Bonchev–Trinajstić information content (AvgIpc) is 2.16. The van der Waals surface area contributed by atoms with Crippen molar-refractivity contribution in [1.82, 2.24) is 5.32 Å². The van der Waals surface area contributed by atoms with Crippen molar-refractivity contribution in [3.05, 3.63) is 24.0 Å². The number of rotatable bonds is 3. The molecule has 0 spiro atoms. The Bertz CT molecular complexity index is 380. The van der Waals surface area contributed by atoms with Gasteiger partial charge in [0.15, 0.2) is 0 Å². The van der Waals surface area contributed by atoms with E-state index in [1.165, 1.54) is 25.3 Å². The van der Waals surface area contributed by atoms with Crippen LogP contribution in [0.4, 0.5) is 14.9 Å². The summed E-state index contributed by atoms with van der Waals surface area (Å²) in [5, 5.41) is 5.15. The van der Waals surface area contributed by atoms with Crippen LogP contribution in [0.3, 0.4) is 0 Å². The zero-order chi connectivity index (χ0) is 12.1. The molecule has 0 heterocycles. The summed E-state index contributed by atoms with van der Waals surface area (Å²) in [6, 6.07) is 3.56. The molecule has 0 radical (unpaired) electrons. The Morgan fingerprint density at radius 1 is 1.44 bits per heavy atom. The molecule has 0 aliphatic carbocycles. The number of amides is 2. The zero-order valence-electron chi connectivity index (χ0n) is 9.50. The van der Waals surface area contributed by atoms with Crippen LogP contribution in [0.25, 0.3) is 0 Å². The fourth-order valence-electron chi connectivity index (χ4n) is 1.20. The Morgan fingerprint density at radius 2 is 2.12 bits per heavy atom. The fourth-order valence-corrected chi connectivity index (χ4v) is 1.20. The third-order valence-electron chi connectivity index (χ3n) is 1.83. The molecule has 0 saturated heterocycles. The molecule has 1 aromatic carbocycles. The van der Waals surface area contributed by atoms with Crippen molar-refractivity contribution in [3.63, 3.8) is 0 Å². The Hall–Kier alpha value is -1.78. The highest BCUT2D eigenvalue weighted by molar-refractivity contribution is 5.91. The summed E-state index contributed by atoms with van der Waals surface area (Å²) in [5.74, 6) is -0.0130. The Kier molecular flexibility index (Phi) is 4.10. The lowest BCUT2D eigenvalue weighted by molar-refractivity contribution is 0.250. The van der Waals surface area contributed by atoms with Gasteiger partial charge in [0.2, 0.25) is 0 Å². The SMILES string of the molecule is COc1ccc(F)cc1NC(=O)NC(C)C. The lowest BCUT2D eigenvalue weighted by Gasteiger charge is -2.12. The molecular weight excluding hydrogens is 211 g/mol. The second kappa shape index (κ2) is 5.34. The van der Waals surface area contributed by atoms with E-state index in [4.69, 9.17) is 4.74 Å². The van der Waals surface area contributed by atoms with Crippen molar-refractivity contribution >= 4 is 11.7 Å². The van der Waals surface area contributed by atoms with E-state index in [0.717, 1.165) is 0 Å². The number of carbonyl (C=O) groups is 1. The van der Waals surface area contributed by atoms with E-state index >= 15 is 0 Å². The van der Waals surface area contributed by atoms with Gasteiger partial charge in [0.05, 0.1) is 12.8 Å². The van der Waals surface area contributed by atoms with Crippen LogP contribution in [0.5, 0.6) is 5.75 Å². The number of benzene rings is 1. The quantitative estimate of drug-likeness (QED) is 0.831. The molecule has 2 N–H and O–H groups in total. The lowest BCUT2D eigenvalue weighted by atomic mass is 10.3. The van der Waals surface area contributed by atoms with Crippen molar-refractivity contribution in [3.8, 4) is 5.75 Å². The number of hydrogen-bond donors (Lipinski definition) is 2. The number of nitrogens with one attached hydrogen (secondary N) is 2. The highest BCUT2D eigenvalue weighted by Crippen LogP contribution is 2.24. The van der Waals surface area contributed by atoms with E-state index in [0.29, 0.717) is 11.4 Å². The van der Waals surface area contributed by atoms with Crippen molar-refractivity contribution in [2.45, 2.75) is 19.9 Å². The van der Waals surface area contributed by atoms with Gasteiger partial charge in [-0.2, -0.15) is 0 Å². The third-order valence-corrected chi connectivity index (χ3v) is 1.83. The van der Waals surface area contributed by atoms with Gasteiger partial charge in [-0.15, -0.1) is 0 Å². The molecule has 1 rings (SSSR count). The van der Waals surface area contributed by atoms with Crippen LogP contribution >= 0.6 is 0 Å². The molecule has 0 atom stereocenters. The summed E-state index contributed by atoms with van der Waals surface area (Å²) in [4.78, 5) is 11.4. The highest BCUT2D eigenvalue weighted by atomic mass is 19.1. The van der Waals surface area contributed by atoms with Gasteiger partial charge >= 0.3 is 6.03 Å². The number of halogens is 1. The van der Waals surface area contributed by atoms with Crippen LogP contribution in [-0.4, -0.2) is 19.2 Å². The number of carbonyl (C=O) groups excluding carboxylic acids is 1. The lowest BCUT2D eigenvalue weighted by Crippen LogP contribution is -2.34. The largest absolute Gasteiger partial charge is 0.495 e. The minimum absolute atomic E-state index is 0.0135. The Labute approximate surface area is 93.8 Å². The number of anilines is 1. The minimum Gasteiger partial charge on any atom is -0.495 e. The molecule has 0 fully saturated rings. The van der Waals surface area contributed by atoms with Gasteiger partial charge in [0, 0.05) is 12.1 Å². The molecule has 16 heavy (non-hydrogen) atoms. The van der Waals surface area contributed by atoms with Crippen LogP contribution in [0, 0.1) is 5.82 Å². The molecule has 0 aliphatic heterocycles. The van der Waals surface area contributed by atoms with Crippen molar-refractivity contribution in [2.24, 2.45) is 0 Å². The van der Waals surface area contributed by atoms with E-state index in [9.17, 15) is 9.18 Å². The molecule has 5 heteroatoms. The van der Waals surface area contributed by atoms with Crippen molar-refractivity contribution in [2.75, 3.05) is 12.4 Å². The van der Waals surface area contributed by atoms with Crippen LogP contribution in [-0.2, 0) is 0 Å². The predicted molar refractivity (Wildman–Crippen MR) is 60.2 cm³/mol. The summed E-state index contributed by atoms with van der Waals surface area (Å²) in [6.07, 6.45) is 0. The molecule has 0 saturated carbocycles. The average molecular weight is 226 g/mol. The van der Waals surface area contributed by atoms with E-state index < -0.39 is 5.82 Å². The first kappa shape index (κ1) is 12.3. The van der Waals surface area contributed by atoms with E-state index in [1.54, 1.807) is 0 Å². The maximum absolute atomic E-state index is 13.0. The van der Waals surface area contributed by atoms with E-state index in [2.05, 4.69) is 10.6 Å². The van der Waals surface area contributed by atoms with Gasteiger partial charge in [-0.3, -0.25) is 0 Å². The van der Waals surface area contributed by atoms with E-state index in [-0.39, 0.29) is 12.1 Å². The fraction of sp³-hybridized carbons (Fsp3) is 0.364. The molecule has 0 bridgehead atoms. The van der Waals surface area contributed by atoms with Gasteiger partial charge in [-0.1, -0.05) is 0 Å². The number of ether oxygens (including phenoxy) is 1. The van der Waals surface area contributed by atoms with Gasteiger partial charge in [0.1, 0.15) is 11.6 Å². The topological polar surface area (TPSA) is 50.4 Å². The smallest absolute Gasteiger partial charge is 0.319 e. The number of methoxy groups -OCH3 is 1. The molecule has 88 valence electrons. The number of hydrogen-bond acceptors (Lipinski definition) is 2. The van der Waals surface area contributed by atoms with Crippen LogP contribution in [0.1, 0.15) is 13.8 Å². The van der Waals surface area contributed by atoms with Crippen LogP contribution < -0.4 is 15.4 Å². The maximum Gasteiger partial charge on any atom is 0.319 e. The van der Waals surface area contributed by atoms with E-state index in [1.807, 2.05) is 13.8 Å². The van der Waals surface area contributed by atoms with Gasteiger partial charge in [-0.05, 0) is 26.0 Å². The molecule has 0 aliphatic rings. The van der Waals surface area contributed by atoms with Crippen molar-refractivity contribution < 1.29 is 13.9 Å². The van der Waals surface area contributed by atoms with Gasteiger partial charge in [-0.25, -0.2) is 9.18 Å². The first-order valence-corrected chi connectivity index (χ1v) is 4.94. The molecule has 0 aromatic heterocycles. The summed E-state index contributed by atoms with van der Waals surface area (Å²) in [7, 11) is 1.46. The first-order chi connectivity index (χ1) is 7.52. The zero-order valence-corrected chi connectivity index (χ0v) is 9.50. The normalized spacial score (nSPS) is 10.1. The van der Waals surface area contributed by atoms with Crippen molar-refractivity contribution in [1.29, 1.82) is 0 Å². The first-order valence-electron chi connectivity index (χ1n) is 4.94. The third kappa shape index (κ3) is 3.42. The minimum atomic E-state index is -0.430. The summed E-state index contributed by atoms with van der Waals surface area (Å²) in [6.45, 7) is 3.67. The standard InChI is InChI=1S/C11H15FN2O2/c1-7(2)13-11(15)14-9-6-8(12)4-5-10(9)16-3/h4-7H,1-3H3,(H2,13,14,15). The molecule has 0 unspecified atom stereocenters. The Balaban J connectivity index is 2.79. The van der Waals surface area contributed by atoms with Gasteiger partial charge < -0.3 is 15.4 Å². The maximum atomic E-state index is 13.0. The van der Waals surface area contributed by atoms with Gasteiger partial charge in [0.25, 0.3) is 0 Å². The monoisotopic (exact) mass is 226 g/mol. The highest BCUT2D eigenvalue weighted by Gasteiger charge is 2.08. The predicted octanol–water partition coefficient (Wildman–Crippen LogP) is 2.36. The molecular formula is C11H15FN2O2. The van der Waals surface area contributed by atoms with Crippen LogP contribution in [0.2, 0.25) is 0 Å².